The third-order valence-electron chi connectivity index (χ3n) is 5.52. The van der Waals surface area contributed by atoms with Gasteiger partial charge in [0.1, 0.15) is 0 Å². The van der Waals surface area contributed by atoms with E-state index in [1.807, 2.05) is 24.3 Å². The standard InChI is InChI=1S/C24H26N6O2/c1-26-24(32)21-22(25)27-13-20(29-21)17-8-5-9-18(12-17)23(31)28-19-10-11-30(15-19)14-16-6-3-2-4-7-16/h2-9,12-13,19H,10-11,14-15H2,1H3,(H2,25,27)(H,26,32)(H,28,31). The first kappa shape index (κ1) is 21.5. The number of hydrogen-bond donors (Lipinski definition) is 3. The molecule has 3 aromatic rings. The van der Waals surface area contributed by atoms with Crippen molar-refractivity contribution in [2.75, 3.05) is 25.9 Å². The fourth-order valence-corrected chi connectivity index (χ4v) is 3.85. The summed E-state index contributed by atoms with van der Waals surface area (Å²) in [5.41, 5.74) is 8.79. The summed E-state index contributed by atoms with van der Waals surface area (Å²) in [5.74, 6) is -0.483. The number of anilines is 1. The van der Waals surface area contributed by atoms with Crippen molar-refractivity contribution in [3.8, 4) is 11.3 Å². The molecule has 2 amide bonds. The Balaban J connectivity index is 1.42. The molecular weight excluding hydrogens is 404 g/mol. The number of carbonyl (C=O) groups is 2. The number of rotatable bonds is 6. The minimum Gasteiger partial charge on any atom is -0.382 e. The Hall–Kier alpha value is -3.78. The summed E-state index contributed by atoms with van der Waals surface area (Å²) in [6.07, 6.45) is 2.41. The molecule has 0 bridgehead atoms. The van der Waals surface area contributed by atoms with Crippen LogP contribution in [-0.2, 0) is 6.54 Å². The third kappa shape index (κ3) is 4.92. The van der Waals surface area contributed by atoms with Gasteiger partial charge in [-0.3, -0.25) is 14.5 Å². The van der Waals surface area contributed by atoms with Gasteiger partial charge in [0.25, 0.3) is 11.8 Å². The molecule has 0 spiro atoms. The van der Waals surface area contributed by atoms with Crippen molar-refractivity contribution < 1.29 is 9.59 Å². The first-order valence-electron chi connectivity index (χ1n) is 10.6. The van der Waals surface area contributed by atoms with Gasteiger partial charge in [0.15, 0.2) is 11.5 Å². The largest absolute Gasteiger partial charge is 0.382 e. The number of hydrogen-bond acceptors (Lipinski definition) is 6. The maximum Gasteiger partial charge on any atom is 0.273 e. The van der Waals surface area contributed by atoms with E-state index in [1.54, 1.807) is 18.2 Å². The highest BCUT2D eigenvalue weighted by Gasteiger charge is 2.24. The van der Waals surface area contributed by atoms with E-state index in [0.717, 1.165) is 26.1 Å². The van der Waals surface area contributed by atoms with E-state index in [1.165, 1.54) is 18.8 Å². The molecule has 32 heavy (non-hydrogen) atoms. The monoisotopic (exact) mass is 430 g/mol. The molecule has 8 nitrogen and oxygen atoms in total. The smallest absolute Gasteiger partial charge is 0.273 e. The zero-order chi connectivity index (χ0) is 22.5. The molecule has 2 heterocycles. The van der Waals surface area contributed by atoms with Gasteiger partial charge in [0, 0.05) is 43.9 Å². The molecule has 1 unspecified atom stereocenters. The molecule has 0 saturated carbocycles. The highest BCUT2D eigenvalue weighted by molar-refractivity contribution is 5.97. The van der Waals surface area contributed by atoms with Gasteiger partial charge in [-0.1, -0.05) is 42.5 Å². The lowest BCUT2D eigenvalue weighted by atomic mass is 10.1. The van der Waals surface area contributed by atoms with E-state index < -0.39 is 5.91 Å². The summed E-state index contributed by atoms with van der Waals surface area (Å²) in [6, 6.07) is 17.6. The van der Waals surface area contributed by atoms with Gasteiger partial charge in [-0.05, 0) is 24.1 Å². The molecular formula is C24H26N6O2. The Morgan fingerprint density at radius 1 is 1.12 bits per heavy atom. The Labute approximate surface area is 186 Å². The highest BCUT2D eigenvalue weighted by atomic mass is 16.2. The SMILES string of the molecule is CNC(=O)c1nc(-c2cccc(C(=O)NC3CCN(Cc4ccccc4)C3)c2)cnc1N. The van der Waals surface area contributed by atoms with Crippen LogP contribution in [0.5, 0.6) is 0 Å². The average molecular weight is 431 g/mol. The van der Waals surface area contributed by atoms with E-state index in [4.69, 9.17) is 5.73 Å². The van der Waals surface area contributed by atoms with E-state index in [2.05, 4.69) is 37.6 Å². The van der Waals surface area contributed by atoms with Crippen molar-refractivity contribution >= 4 is 17.6 Å². The predicted molar refractivity (Wildman–Crippen MR) is 123 cm³/mol. The zero-order valence-electron chi connectivity index (χ0n) is 17.9. The lowest BCUT2D eigenvalue weighted by Crippen LogP contribution is -2.37. The van der Waals surface area contributed by atoms with Crippen LogP contribution in [0.3, 0.4) is 0 Å². The second-order valence-corrected chi connectivity index (χ2v) is 7.83. The molecule has 1 aromatic heterocycles. The average Bonchev–Trinajstić information content (AvgIpc) is 3.26. The van der Waals surface area contributed by atoms with Crippen LogP contribution in [-0.4, -0.2) is 52.9 Å². The van der Waals surface area contributed by atoms with Crippen molar-refractivity contribution in [1.82, 2.24) is 25.5 Å². The van der Waals surface area contributed by atoms with Crippen molar-refractivity contribution in [3.05, 3.63) is 77.6 Å². The fourth-order valence-electron chi connectivity index (χ4n) is 3.85. The van der Waals surface area contributed by atoms with E-state index in [-0.39, 0.29) is 23.5 Å². The van der Waals surface area contributed by atoms with Crippen molar-refractivity contribution in [1.29, 1.82) is 0 Å². The van der Waals surface area contributed by atoms with Gasteiger partial charge < -0.3 is 16.4 Å². The normalized spacial score (nSPS) is 16.0. The molecule has 1 aliphatic heterocycles. The van der Waals surface area contributed by atoms with Crippen LogP contribution in [0.2, 0.25) is 0 Å². The molecule has 4 rings (SSSR count). The summed E-state index contributed by atoms with van der Waals surface area (Å²) in [5, 5.41) is 5.64. The van der Waals surface area contributed by atoms with E-state index in [9.17, 15) is 9.59 Å². The molecule has 0 aliphatic carbocycles. The molecule has 0 radical (unpaired) electrons. The Morgan fingerprint density at radius 3 is 2.72 bits per heavy atom. The number of aromatic nitrogens is 2. The number of carbonyl (C=O) groups excluding carboxylic acids is 2. The molecule has 2 aromatic carbocycles. The number of amides is 2. The predicted octanol–water partition coefficient (Wildman–Crippen LogP) is 2.09. The first-order valence-corrected chi connectivity index (χ1v) is 10.6. The Kier molecular flexibility index (Phi) is 6.42. The van der Waals surface area contributed by atoms with Crippen LogP contribution in [0.15, 0.2) is 60.8 Å². The summed E-state index contributed by atoms with van der Waals surface area (Å²) < 4.78 is 0. The maximum atomic E-state index is 12.9. The van der Waals surface area contributed by atoms with Gasteiger partial charge in [0.05, 0.1) is 11.9 Å². The molecule has 8 heteroatoms. The lowest BCUT2D eigenvalue weighted by Gasteiger charge is -2.17. The Bertz CT molecular complexity index is 1120. The van der Waals surface area contributed by atoms with Gasteiger partial charge in [-0.25, -0.2) is 9.97 Å². The molecule has 4 N–H and O–H groups in total. The van der Waals surface area contributed by atoms with Crippen molar-refractivity contribution in [2.45, 2.75) is 19.0 Å². The third-order valence-corrected chi connectivity index (χ3v) is 5.52. The first-order chi connectivity index (χ1) is 15.5. The van der Waals surface area contributed by atoms with Crippen molar-refractivity contribution in [3.63, 3.8) is 0 Å². The van der Waals surface area contributed by atoms with Gasteiger partial charge in [-0.15, -0.1) is 0 Å². The lowest BCUT2D eigenvalue weighted by molar-refractivity contribution is 0.0934. The van der Waals surface area contributed by atoms with Crippen LogP contribution >= 0.6 is 0 Å². The number of nitrogens with one attached hydrogen (secondary N) is 2. The molecule has 1 aliphatic rings. The van der Waals surface area contributed by atoms with Crippen LogP contribution < -0.4 is 16.4 Å². The number of nitrogens with two attached hydrogens (primary N) is 1. The quantitative estimate of drug-likeness (QED) is 0.552. The molecule has 164 valence electrons. The highest BCUT2D eigenvalue weighted by Crippen LogP contribution is 2.20. The Morgan fingerprint density at radius 2 is 1.94 bits per heavy atom. The van der Waals surface area contributed by atoms with Crippen LogP contribution in [0.25, 0.3) is 11.3 Å². The summed E-state index contributed by atoms with van der Waals surface area (Å²) in [7, 11) is 1.51. The second kappa shape index (κ2) is 9.57. The molecule has 1 atom stereocenters. The van der Waals surface area contributed by atoms with Gasteiger partial charge >= 0.3 is 0 Å². The van der Waals surface area contributed by atoms with Gasteiger partial charge in [-0.2, -0.15) is 0 Å². The van der Waals surface area contributed by atoms with E-state index >= 15 is 0 Å². The number of benzene rings is 2. The summed E-state index contributed by atoms with van der Waals surface area (Å²) in [4.78, 5) is 35.6. The zero-order valence-corrected chi connectivity index (χ0v) is 17.9. The molecule has 1 fully saturated rings. The van der Waals surface area contributed by atoms with Gasteiger partial charge in [0.2, 0.25) is 0 Å². The minimum absolute atomic E-state index is 0.0586. The molecule has 1 saturated heterocycles. The van der Waals surface area contributed by atoms with Crippen LogP contribution in [0.1, 0.15) is 32.8 Å². The van der Waals surface area contributed by atoms with Crippen LogP contribution in [0.4, 0.5) is 5.82 Å². The fraction of sp³-hybridized carbons (Fsp3) is 0.250. The summed E-state index contributed by atoms with van der Waals surface area (Å²) in [6.45, 7) is 2.65. The second-order valence-electron chi connectivity index (χ2n) is 7.83. The van der Waals surface area contributed by atoms with Crippen LogP contribution in [0, 0.1) is 0 Å². The number of nitrogens with zero attached hydrogens (tertiary/aromatic N) is 3. The number of likely N-dealkylation sites (tertiary alicyclic amines) is 1. The van der Waals surface area contributed by atoms with E-state index in [0.29, 0.717) is 16.8 Å². The minimum atomic E-state index is -0.410. The number of nitrogen functional groups attached to an aromatic ring is 1. The topological polar surface area (TPSA) is 113 Å². The van der Waals surface area contributed by atoms with Crippen molar-refractivity contribution in [2.24, 2.45) is 0 Å². The maximum absolute atomic E-state index is 12.9. The summed E-state index contributed by atoms with van der Waals surface area (Å²) >= 11 is 0.